The zero-order chi connectivity index (χ0) is 17.4. The zero-order valence-corrected chi connectivity index (χ0v) is 14.3. The van der Waals surface area contributed by atoms with Gasteiger partial charge in [0.25, 0.3) is 5.91 Å². The number of nitrogens with zero attached hydrogens (tertiary/aromatic N) is 4. The Morgan fingerprint density at radius 3 is 2.92 bits per heavy atom. The first-order chi connectivity index (χ1) is 12.2. The second kappa shape index (κ2) is 6.20. The number of fused-ring (bicyclic) bond motifs is 1. The molecule has 3 heterocycles. The van der Waals surface area contributed by atoms with Gasteiger partial charge >= 0.3 is 0 Å². The summed E-state index contributed by atoms with van der Waals surface area (Å²) >= 11 is 0. The highest BCUT2D eigenvalue weighted by molar-refractivity contribution is 5.95. The Hall–Kier alpha value is -2.89. The van der Waals surface area contributed by atoms with Crippen molar-refractivity contribution in [2.45, 2.75) is 18.9 Å². The number of hydrogen-bond acceptors (Lipinski definition) is 4. The van der Waals surface area contributed by atoms with Crippen molar-refractivity contribution in [3.8, 4) is 5.88 Å². The van der Waals surface area contributed by atoms with Gasteiger partial charge in [-0.2, -0.15) is 0 Å². The highest BCUT2D eigenvalue weighted by Crippen LogP contribution is 2.34. The van der Waals surface area contributed by atoms with Crippen molar-refractivity contribution in [1.82, 2.24) is 19.4 Å². The number of pyridine rings is 1. The number of ether oxygens (including phenoxy) is 1. The first-order valence-corrected chi connectivity index (χ1v) is 8.41. The molecule has 1 atom stereocenters. The van der Waals surface area contributed by atoms with Crippen LogP contribution in [-0.2, 0) is 7.05 Å². The monoisotopic (exact) mass is 336 g/mol. The normalized spacial score (nSPS) is 17.2. The van der Waals surface area contributed by atoms with Crippen LogP contribution >= 0.6 is 0 Å². The van der Waals surface area contributed by atoms with Crippen LogP contribution in [0, 0.1) is 0 Å². The first-order valence-electron chi connectivity index (χ1n) is 8.41. The number of aryl methyl sites for hydroxylation is 1. The summed E-state index contributed by atoms with van der Waals surface area (Å²) in [6.07, 6.45) is 3.50. The van der Waals surface area contributed by atoms with Crippen LogP contribution in [-0.4, -0.2) is 39.0 Å². The Morgan fingerprint density at radius 2 is 2.12 bits per heavy atom. The van der Waals surface area contributed by atoms with Crippen molar-refractivity contribution in [2.24, 2.45) is 7.05 Å². The quantitative estimate of drug-likeness (QED) is 0.738. The van der Waals surface area contributed by atoms with Gasteiger partial charge in [0.05, 0.1) is 24.2 Å². The molecule has 2 aromatic heterocycles. The van der Waals surface area contributed by atoms with Crippen molar-refractivity contribution < 1.29 is 9.53 Å². The van der Waals surface area contributed by atoms with Crippen LogP contribution in [0.3, 0.4) is 0 Å². The van der Waals surface area contributed by atoms with Gasteiger partial charge in [-0.25, -0.2) is 9.97 Å². The Morgan fingerprint density at radius 1 is 1.28 bits per heavy atom. The minimum atomic E-state index is -0.0101. The van der Waals surface area contributed by atoms with Crippen molar-refractivity contribution in [3.05, 3.63) is 54.0 Å². The van der Waals surface area contributed by atoms with Gasteiger partial charge in [-0.15, -0.1) is 0 Å². The van der Waals surface area contributed by atoms with Gasteiger partial charge in [0.1, 0.15) is 5.82 Å². The molecule has 1 fully saturated rings. The van der Waals surface area contributed by atoms with Crippen molar-refractivity contribution in [2.75, 3.05) is 13.7 Å². The van der Waals surface area contributed by atoms with Gasteiger partial charge in [-0.1, -0.05) is 12.1 Å². The molecule has 0 aliphatic carbocycles. The van der Waals surface area contributed by atoms with Crippen LogP contribution in [0.2, 0.25) is 0 Å². The molecule has 1 aromatic carbocycles. The number of hydrogen-bond donors (Lipinski definition) is 0. The average molecular weight is 336 g/mol. The third-order valence-corrected chi connectivity index (χ3v) is 4.82. The Bertz CT molecular complexity index is 934. The molecule has 0 saturated carbocycles. The summed E-state index contributed by atoms with van der Waals surface area (Å²) in [4.78, 5) is 23.8. The Labute approximate surface area is 146 Å². The van der Waals surface area contributed by atoms with Gasteiger partial charge in [-0.05, 0) is 31.0 Å². The van der Waals surface area contributed by atoms with Gasteiger partial charge < -0.3 is 14.2 Å². The van der Waals surface area contributed by atoms with Crippen LogP contribution in [0.4, 0.5) is 0 Å². The largest absolute Gasteiger partial charge is 0.481 e. The van der Waals surface area contributed by atoms with Crippen LogP contribution in [0.25, 0.3) is 11.0 Å². The maximum atomic E-state index is 13.0. The summed E-state index contributed by atoms with van der Waals surface area (Å²) in [7, 11) is 3.57. The zero-order valence-electron chi connectivity index (χ0n) is 14.3. The lowest BCUT2D eigenvalue weighted by Gasteiger charge is -2.24. The number of carbonyl (C=O) groups excluding carboxylic acids is 1. The summed E-state index contributed by atoms with van der Waals surface area (Å²) in [6, 6.07) is 11.5. The standard InChI is InChI=1S/C19H20N4O2/c1-22-15-7-4-3-6-14(15)21-18(22)16-8-5-11-23(16)19(24)13-9-10-20-17(12-13)25-2/h3-4,6-7,9-10,12,16H,5,8,11H2,1-2H3/t16-/m0/s1. The molecule has 25 heavy (non-hydrogen) atoms. The Balaban J connectivity index is 1.69. The molecule has 128 valence electrons. The molecule has 0 radical (unpaired) electrons. The number of methoxy groups -OCH3 is 1. The van der Waals surface area contributed by atoms with E-state index in [0.717, 1.165) is 36.2 Å². The number of benzene rings is 1. The van der Waals surface area contributed by atoms with Crippen molar-refractivity contribution in [1.29, 1.82) is 0 Å². The molecular weight excluding hydrogens is 316 g/mol. The molecule has 1 aliphatic rings. The summed E-state index contributed by atoms with van der Waals surface area (Å²) in [6.45, 7) is 0.733. The number of rotatable bonds is 3. The highest BCUT2D eigenvalue weighted by atomic mass is 16.5. The van der Waals surface area contributed by atoms with E-state index in [1.807, 2.05) is 30.1 Å². The minimum absolute atomic E-state index is 0.00439. The van der Waals surface area contributed by atoms with E-state index in [1.54, 1.807) is 25.4 Å². The smallest absolute Gasteiger partial charge is 0.254 e. The fraction of sp³-hybridized carbons (Fsp3) is 0.316. The fourth-order valence-electron chi connectivity index (χ4n) is 3.56. The minimum Gasteiger partial charge on any atom is -0.481 e. The fourth-order valence-corrected chi connectivity index (χ4v) is 3.56. The predicted octanol–water partition coefficient (Wildman–Crippen LogP) is 2.95. The molecule has 6 nitrogen and oxygen atoms in total. The molecule has 3 aromatic rings. The van der Waals surface area contributed by atoms with Crippen LogP contribution in [0.1, 0.15) is 35.1 Å². The van der Waals surface area contributed by atoms with E-state index in [4.69, 9.17) is 9.72 Å². The molecule has 0 spiro atoms. The molecule has 0 unspecified atom stereocenters. The van der Waals surface area contributed by atoms with Gasteiger partial charge in [0, 0.05) is 31.4 Å². The lowest BCUT2D eigenvalue weighted by atomic mass is 10.1. The SMILES string of the molecule is COc1cc(C(=O)N2CCC[C@H]2c2nc3ccccc3n2C)ccn1. The van der Waals surface area contributed by atoms with E-state index < -0.39 is 0 Å². The number of para-hydroxylation sites is 2. The Kier molecular flexibility index (Phi) is 3.87. The van der Waals surface area contributed by atoms with Gasteiger partial charge in [0.2, 0.25) is 5.88 Å². The summed E-state index contributed by atoms with van der Waals surface area (Å²) < 4.78 is 7.24. The van der Waals surface area contributed by atoms with Crippen molar-refractivity contribution >= 4 is 16.9 Å². The second-order valence-electron chi connectivity index (χ2n) is 6.26. The van der Waals surface area contributed by atoms with Crippen LogP contribution in [0.5, 0.6) is 5.88 Å². The molecule has 1 aliphatic heterocycles. The lowest BCUT2D eigenvalue weighted by molar-refractivity contribution is 0.0728. The third-order valence-electron chi connectivity index (χ3n) is 4.82. The predicted molar refractivity (Wildman–Crippen MR) is 94.5 cm³/mol. The molecule has 6 heteroatoms. The van der Waals surface area contributed by atoms with E-state index >= 15 is 0 Å². The highest BCUT2D eigenvalue weighted by Gasteiger charge is 2.33. The number of carbonyl (C=O) groups is 1. The molecule has 4 rings (SSSR count). The van der Waals surface area contributed by atoms with E-state index in [-0.39, 0.29) is 11.9 Å². The van der Waals surface area contributed by atoms with E-state index in [9.17, 15) is 4.79 Å². The topological polar surface area (TPSA) is 60.2 Å². The number of amides is 1. The molecule has 1 amide bonds. The second-order valence-corrected chi connectivity index (χ2v) is 6.26. The molecule has 0 N–H and O–H groups in total. The third kappa shape index (κ3) is 2.63. The van der Waals surface area contributed by atoms with Gasteiger partial charge in [-0.3, -0.25) is 4.79 Å². The maximum absolute atomic E-state index is 13.0. The lowest BCUT2D eigenvalue weighted by Crippen LogP contribution is -2.31. The molecular formula is C19H20N4O2. The summed E-state index contributed by atoms with van der Waals surface area (Å²) in [5, 5.41) is 0. The summed E-state index contributed by atoms with van der Waals surface area (Å²) in [5.74, 6) is 1.38. The molecule has 0 bridgehead atoms. The number of likely N-dealkylation sites (tertiary alicyclic amines) is 1. The molecule has 1 saturated heterocycles. The van der Waals surface area contributed by atoms with Crippen LogP contribution in [0.15, 0.2) is 42.6 Å². The number of imidazole rings is 1. The van der Waals surface area contributed by atoms with Crippen molar-refractivity contribution in [3.63, 3.8) is 0 Å². The van der Waals surface area contributed by atoms with Crippen LogP contribution < -0.4 is 4.74 Å². The van der Waals surface area contributed by atoms with Gasteiger partial charge in [0.15, 0.2) is 0 Å². The van der Waals surface area contributed by atoms with E-state index in [1.165, 1.54) is 0 Å². The summed E-state index contributed by atoms with van der Waals surface area (Å²) in [5.41, 5.74) is 2.64. The number of aromatic nitrogens is 3. The van der Waals surface area contributed by atoms with E-state index in [0.29, 0.717) is 11.4 Å². The average Bonchev–Trinajstić information content (AvgIpc) is 3.26. The maximum Gasteiger partial charge on any atom is 0.254 e. The first kappa shape index (κ1) is 15.6. The van der Waals surface area contributed by atoms with E-state index in [2.05, 4.69) is 15.6 Å².